The molecule has 0 amide bonds. The minimum Gasteiger partial charge on any atom is -0.395 e. The van der Waals surface area contributed by atoms with E-state index in [0.717, 1.165) is 36.4 Å². The van der Waals surface area contributed by atoms with Gasteiger partial charge in [0.1, 0.15) is 0 Å². The smallest absolute Gasteiger partial charge is 0.203 e. The number of benzene rings is 1. The Morgan fingerprint density at radius 3 is 2.83 bits per heavy atom. The van der Waals surface area contributed by atoms with E-state index in [1.165, 1.54) is 0 Å². The number of aliphatic hydroxyl groups is 1. The summed E-state index contributed by atoms with van der Waals surface area (Å²) in [5.74, 6) is 0.855. The zero-order chi connectivity index (χ0) is 12.1. The van der Waals surface area contributed by atoms with Crippen LogP contribution >= 0.6 is 12.4 Å². The maximum atomic E-state index is 8.87. The summed E-state index contributed by atoms with van der Waals surface area (Å²) in [6.45, 7) is 3.80. The lowest BCUT2D eigenvalue weighted by Crippen LogP contribution is -2.11. The normalized spacial score (nSPS) is 10.3. The van der Waals surface area contributed by atoms with Crippen LogP contribution < -0.4 is 5.32 Å². The van der Waals surface area contributed by atoms with Gasteiger partial charge in [0.25, 0.3) is 0 Å². The van der Waals surface area contributed by atoms with Gasteiger partial charge >= 0.3 is 0 Å². The van der Waals surface area contributed by atoms with Gasteiger partial charge in [0.2, 0.25) is 5.95 Å². The highest BCUT2D eigenvalue weighted by Crippen LogP contribution is 2.20. The fourth-order valence-corrected chi connectivity index (χ4v) is 1.92. The van der Waals surface area contributed by atoms with Crippen LogP contribution in [0.15, 0.2) is 24.3 Å². The van der Waals surface area contributed by atoms with E-state index in [0.29, 0.717) is 6.54 Å². The highest BCUT2D eigenvalue weighted by atomic mass is 35.5. The van der Waals surface area contributed by atoms with Crippen LogP contribution in [0.3, 0.4) is 0 Å². The standard InChI is InChI=1S/C13H19N3O.ClH/c1-2-3-9-16-12-7-5-4-6-11(12)15-13(16)14-8-10-17;/h4-7,17H,2-3,8-10H2,1H3,(H,14,15);1H. The third-order valence-electron chi connectivity index (χ3n) is 2.78. The lowest BCUT2D eigenvalue weighted by molar-refractivity contribution is 0.310. The third kappa shape index (κ3) is 3.15. The highest BCUT2D eigenvalue weighted by Gasteiger charge is 2.08. The van der Waals surface area contributed by atoms with Crippen molar-refractivity contribution in [3.8, 4) is 0 Å². The number of halogens is 1. The summed E-state index contributed by atoms with van der Waals surface area (Å²) < 4.78 is 2.19. The zero-order valence-corrected chi connectivity index (χ0v) is 11.4. The fourth-order valence-electron chi connectivity index (χ4n) is 1.92. The van der Waals surface area contributed by atoms with E-state index in [2.05, 4.69) is 27.9 Å². The molecule has 2 N–H and O–H groups in total. The molecule has 0 aliphatic rings. The number of fused-ring (bicyclic) bond motifs is 1. The van der Waals surface area contributed by atoms with Gasteiger partial charge in [0.15, 0.2) is 0 Å². The molecule has 0 fully saturated rings. The summed E-state index contributed by atoms with van der Waals surface area (Å²) in [7, 11) is 0. The van der Waals surface area contributed by atoms with Crippen LogP contribution in [0.1, 0.15) is 19.8 Å². The molecule has 0 unspecified atom stereocenters. The number of unbranched alkanes of at least 4 members (excludes halogenated alkanes) is 1. The molecule has 0 aliphatic heterocycles. The summed E-state index contributed by atoms with van der Waals surface area (Å²) in [5.41, 5.74) is 2.16. The molecule has 1 aromatic carbocycles. The SMILES string of the molecule is CCCCn1c(NCCO)nc2ccccc21.Cl. The maximum absolute atomic E-state index is 8.87. The first kappa shape index (κ1) is 14.8. The largest absolute Gasteiger partial charge is 0.395 e. The minimum atomic E-state index is 0. The first-order valence-corrected chi connectivity index (χ1v) is 6.16. The molecule has 5 heteroatoms. The van der Waals surface area contributed by atoms with Crippen molar-refractivity contribution in [2.75, 3.05) is 18.5 Å². The number of anilines is 1. The van der Waals surface area contributed by atoms with Crippen molar-refractivity contribution in [2.24, 2.45) is 0 Å². The second-order valence-corrected chi connectivity index (χ2v) is 4.08. The zero-order valence-electron chi connectivity index (χ0n) is 10.6. The maximum Gasteiger partial charge on any atom is 0.203 e. The second-order valence-electron chi connectivity index (χ2n) is 4.08. The number of nitrogens with one attached hydrogen (secondary N) is 1. The minimum absolute atomic E-state index is 0. The molecule has 1 heterocycles. The highest BCUT2D eigenvalue weighted by molar-refractivity contribution is 5.85. The predicted molar refractivity (Wildman–Crippen MR) is 77.5 cm³/mol. The Bertz CT molecular complexity index is 484. The number of rotatable bonds is 6. The molecule has 4 nitrogen and oxygen atoms in total. The van der Waals surface area contributed by atoms with Crippen LogP contribution in [0.2, 0.25) is 0 Å². The first-order valence-electron chi connectivity index (χ1n) is 6.16. The Balaban J connectivity index is 0.00000162. The summed E-state index contributed by atoms with van der Waals surface area (Å²) in [4.78, 5) is 4.54. The molecule has 0 radical (unpaired) electrons. The number of hydrogen-bond acceptors (Lipinski definition) is 3. The number of hydrogen-bond donors (Lipinski definition) is 2. The van der Waals surface area contributed by atoms with E-state index in [1.807, 2.05) is 18.2 Å². The molecule has 2 rings (SSSR count). The van der Waals surface area contributed by atoms with Gasteiger partial charge in [-0.2, -0.15) is 0 Å². The molecule has 0 saturated carbocycles. The molecule has 0 atom stereocenters. The quantitative estimate of drug-likeness (QED) is 0.848. The van der Waals surface area contributed by atoms with Crippen molar-refractivity contribution < 1.29 is 5.11 Å². The van der Waals surface area contributed by atoms with Gasteiger partial charge in [-0.3, -0.25) is 0 Å². The van der Waals surface area contributed by atoms with Gasteiger partial charge in [0, 0.05) is 13.1 Å². The number of para-hydroxylation sites is 2. The van der Waals surface area contributed by atoms with Crippen LogP contribution in [0.5, 0.6) is 0 Å². The van der Waals surface area contributed by atoms with E-state index >= 15 is 0 Å². The number of nitrogens with zero attached hydrogens (tertiary/aromatic N) is 2. The Kier molecular flexibility index (Phi) is 5.95. The van der Waals surface area contributed by atoms with Crippen molar-refractivity contribution in [3.63, 3.8) is 0 Å². The van der Waals surface area contributed by atoms with E-state index < -0.39 is 0 Å². The van der Waals surface area contributed by atoms with Crippen molar-refractivity contribution in [1.29, 1.82) is 0 Å². The lowest BCUT2D eigenvalue weighted by Gasteiger charge is -2.09. The number of aryl methyl sites for hydroxylation is 1. The molecule has 18 heavy (non-hydrogen) atoms. The molecular weight excluding hydrogens is 250 g/mol. The number of imidazole rings is 1. The van der Waals surface area contributed by atoms with Crippen LogP contribution in [0.25, 0.3) is 11.0 Å². The topological polar surface area (TPSA) is 50.1 Å². The average molecular weight is 270 g/mol. The van der Waals surface area contributed by atoms with Gasteiger partial charge in [0.05, 0.1) is 17.6 Å². The van der Waals surface area contributed by atoms with Crippen molar-refractivity contribution in [2.45, 2.75) is 26.3 Å². The van der Waals surface area contributed by atoms with Gasteiger partial charge in [-0.1, -0.05) is 25.5 Å². The molecule has 0 saturated heterocycles. The molecule has 2 aromatic rings. The molecule has 0 bridgehead atoms. The monoisotopic (exact) mass is 269 g/mol. The molecule has 0 spiro atoms. The predicted octanol–water partition coefficient (Wildman–Crippen LogP) is 2.66. The Labute approximate surface area is 113 Å². The average Bonchev–Trinajstić information content (AvgIpc) is 2.71. The van der Waals surface area contributed by atoms with Crippen LogP contribution in [-0.2, 0) is 6.54 Å². The van der Waals surface area contributed by atoms with Crippen molar-refractivity contribution >= 4 is 29.4 Å². The fraction of sp³-hybridized carbons (Fsp3) is 0.462. The summed E-state index contributed by atoms with van der Waals surface area (Å²) in [6, 6.07) is 8.13. The van der Waals surface area contributed by atoms with Crippen molar-refractivity contribution in [3.05, 3.63) is 24.3 Å². The van der Waals surface area contributed by atoms with Gasteiger partial charge in [-0.15, -0.1) is 12.4 Å². The summed E-state index contributed by atoms with van der Waals surface area (Å²) in [6.07, 6.45) is 2.29. The van der Waals surface area contributed by atoms with E-state index in [-0.39, 0.29) is 19.0 Å². The van der Waals surface area contributed by atoms with Gasteiger partial charge in [-0.05, 0) is 18.6 Å². The molecule has 1 aromatic heterocycles. The van der Waals surface area contributed by atoms with E-state index in [1.54, 1.807) is 0 Å². The molecular formula is C13H20ClN3O. The van der Waals surface area contributed by atoms with Crippen LogP contribution in [0, 0.1) is 0 Å². The molecule has 100 valence electrons. The Morgan fingerprint density at radius 1 is 1.33 bits per heavy atom. The Hall–Kier alpha value is -1.26. The number of aliphatic hydroxyl groups excluding tert-OH is 1. The summed E-state index contributed by atoms with van der Waals surface area (Å²) >= 11 is 0. The van der Waals surface area contributed by atoms with E-state index in [4.69, 9.17) is 5.11 Å². The first-order chi connectivity index (χ1) is 8.36. The van der Waals surface area contributed by atoms with Gasteiger partial charge in [-0.25, -0.2) is 4.98 Å². The number of aromatic nitrogens is 2. The van der Waals surface area contributed by atoms with E-state index in [9.17, 15) is 0 Å². The third-order valence-corrected chi connectivity index (χ3v) is 2.78. The second kappa shape index (κ2) is 7.24. The van der Waals surface area contributed by atoms with Crippen LogP contribution in [0.4, 0.5) is 5.95 Å². The van der Waals surface area contributed by atoms with Crippen LogP contribution in [-0.4, -0.2) is 27.8 Å². The Morgan fingerprint density at radius 2 is 2.11 bits per heavy atom. The lowest BCUT2D eigenvalue weighted by atomic mass is 10.3. The summed E-state index contributed by atoms with van der Waals surface area (Å²) in [5, 5.41) is 12.0. The molecule has 0 aliphatic carbocycles. The van der Waals surface area contributed by atoms with Gasteiger partial charge < -0.3 is 15.0 Å². The van der Waals surface area contributed by atoms with Crippen molar-refractivity contribution in [1.82, 2.24) is 9.55 Å².